The van der Waals surface area contributed by atoms with E-state index in [1.54, 1.807) is 42.3 Å². The van der Waals surface area contributed by atoms with E-state index < -0.39 is 0 Å². The van der Waals surface area contributed by atoms with Crippen molar-refractivity contribution in [3.05, 3.63) is 83.9 Å². The Balaban J connectivity index is 2.02. The van der Waals surface area contributed by atoms with Crippen molar-refractivity contribution in [1.82, 2.24) is 10.2 Å². The summed E-state index contributed by atoms with van der Waals surface area (Å²) in [4.78, 5) is 25.9. The Hall–Kier alpha value is -2.88. The van der Waals surface area contributed by atoms with Crippen LogP contribution < -0.4 is 5.32 Å². The summed E-state index contributed by atoms with van der Waals surface area (Å²) in [6.45, 7) is 4.51. The number of rotatable bonds is 6. The number of nitrogens with zero attached hydrogens (tertiary/aromatic N) is 1. The van der Waals surface area contributed by atoms with E-state index in [-0.39, 0.29) is 11.8 Å². The largest absolute Gasteiger partial charge is 0.349 e. The molecule has 0 atom stereocenters. The van der Waals surface area contributed by atoms with Crippen molar-refractivity contribution in [3.8, 4) is 0 Å². The monoisotopic (exact) mass is 308 g/mol. The van der Waals surface area contributed by atoms with Crippen molar-refractivity contribution < 1.29 is 9.59 Å². The Kier molecular flexibility index (Phi) is 5.69. The molecule has 4 heteroatoms. The molecule has 2 rings (SSSR count). The van der Waals surface area contributed by atoms with Gasteiger partial charge in [-0.05, 0) is 29.8 Å². The molecule has 0 aliphatic heterocycles. The number of carbonyl (C=O) groups excluding carboxylic acids is 2. The van der Waals surface area contributed by atoms with Crippen LogP contribution in [0.2, 0.25) is 0 Å². The molecule has 2 amide bonds. The summed E-state index contributed by atoms with van der Waals surface area (Å²) in [6.07, 6.45) is 1.62. The fraction of sp³-hybridized carbons (Fsp3) is 0.158. The lowest BCUT2D eigenvalue weighted by Crippen LogP contribution is -2.26. The number of amides is 2. The molecule has 0 aromatic heterocycles. The molecule has 0 heterocycles. The molecule has 0 aliphatic rings. The molecule has 4 nitrogen and oxygen atoms in total. The summed E-state index contributed by atoms with van der Waals surface area (Å²) in [5, 5.41) is 2.70. The van der Waals surface area contributed by atoms with Crippen molar-refractivity contribution in [2.75, 3.05) is 13.6 Å². The average molecular weight is 308 g/mol. The molecule has 2 aromatic rings. The zero-order chi connectivity index (χ0) is 16.7. The summed E-state index contributed by atoms with van der Waals surface area (Å²) < 4.78 is 0. The first kappa shape index (κ1) is 16.5. The Bertz CT molecular complexity index is 678. The van der Waals surface area contributed by atoms with Gasteiger partial charge in [0.1, 0.15) is 0 Å². The minimum Gasteiger partial charge on any atom is -0.349 e. The molecule has 0 unspecified atom stereocenters. The minimum absolute atomic E-state index is 0.0769. The zero-order valence-corrected chi connectivity index (χ0v) is 13.2. The van der Waals surface area contributed by atoms with Crippen LogP contribution in [-0.2, 0) is 6.54 Å². The molecule has 2 aromatic carbocycles. The standard InChI is InChI=1S/C19H20N2O2/c1-3-13-20-18(22)16-9-11-17(12-10-16)19(23)21(2)14-15-7-5-4-6-8-15/h3-12H,1,13-14H2,2H3,(H,20,22). The fourth-order valence-corrected chi connectivity index (χ4v) is 2.18. The lowest BCUT2D eigenvalue weighted by molar-refractivity contribution is 0.0784. The third-order valence-electron chi connectivity index (χ3n) is 3.41. The highest BCUT2D eigenvalue weighted by atomic mass is 16.2. The van der Waals surface area contributed by atoms with Gasteiger partial charge in [-0.15, -0.1) is 6.58 Å². The molecular formula is C19H20N2O2. The molecule has 1 N–H and O–H groups in total. The van der Waals surface area contributed by atoms with Gasteiger partial charge in [0, 0.05) is 31.3 Å². The van der Waals surface area contributed by atoms with E-state index in [4.69, 9.17) is 0 Å². The molecule has 0 saturated heterocycles. The van der Waals surface area contributed by atoms with E-state index in [1.807, 2.05) is 30.3 Å². The fourth-order valence-electron chi connectivity index (χ4n) is 2.18. The van der Waals surface area contributed by atoms with Gasteiger partial charge in [0.2, 0.25) is 0 Å². The first-order valence-corrected chi connectivity index (χ1v) is 7.40. The van der Waals surface area contributed by atoms with Crippen LogP contribution in [0, 0.1) is 0 Å². The second kappa shape index (κ2) is 7.94. The number of carbonyl (C=O) groups is 2. The maximum Gasteiger partial charge on any atom is 0.253 e. The average Bonchev–Trinajstić information content (AvgIpc) is 2.60. The highest BCUT2D eigenvalue weighted by Crippen LogP contribution is 2.10. The highest BCUT2D eigenvalue weighted by molar-refractivity contribution is 5.97. The maximum atomic E-state index is 12.4. The molecule has 0 aliphatic carbocycles. The first-order chi connectivity index (χ1) is 11.1. The second-order valence-electron chi connectivity index (χ2n) is 5.22. The van der Waals surface area contributed by atoms with Crippen molar-refractivity contribution in [2.24, 2.45) is 0 Å². The Morgan fingerprint density at radius 1 is 1.04 bits per heavy atom. The first-order valence-electron chi connectivity index (χ1n) is 7.40. The third kappa shape index (κ3) is 4.54. The topological polar surface area (TPSA) is 49.4 Å². The Labute approximate surface area is 136 Å². The minimum atomic E-state index is -0.179. The number of hydrogen-bond acceptors (Lipinski definition) is 2. The van der Waals surface area contributed by atoms with Crippen LogP contribution in [0.4, 0.5) is 0 Å². The van der Waals surface area contributed by atoms with Crippen molar-refractivity contribution in [2.45, 2.75) is 6.54 Å². The van der Waals surface area contributed by atoms with Crippen molar-refractivity contribution in [1.29, 1.82) is 0 Å². The van der Waals surface area contributed by atoms with Gasteiger partial charge in [-0.2, -0.15) is 0 Å². The van der Waals surface area contributed by atoms with Gasteiger partial charge in [-0.1, -0.05) is 36.4 Å². The van der Waals surface area contributed by atoms with E-state index in [0.717, 1.165) is 5.56 Å². The van der Waals surface area contributed by atoms with Crippen LogP contribution in [0.3, 0.4) is 0 Å². The molecular weight excluding hydrogens is 288 g/mol. The van der Waals surface area contributed by atoms with Crippen molar-refractivity contribution in [3.63, 3.8) is 0 Å². The van der Waals surface area contributed by atoms with Gasteiger partial charge in [0.25, 0.3) is 11.8 Å². The lowest BCUT2D eigenvalue weighted by atomic mass is 10.1. The molecule has 118 valence electrons. The number of nitrogens with one attached hydrogen (secondary N) is 1. The molecule has 0 fully saturated rings. The summed E-state index contributed by atoms with van der Waals surface area (Å²) in [6, 6.07) is 16.5. The molecule has 23 heavy (non-hydrogen) atoms. The van der Waals surface area contributed by atoms with Crippen LogP contribution in [-0.4, -0.2) is 30.3 Å². The second-order valence-corrected chi connectivity index (χ2v) is 5.22. The van der Waals surface area contributed by atoms with E-state index in [9.17, 15) is 9.59 Å². The quantitative estimate of drug-likeness (QED) is 0.834. The normalized spacial score (nSPS) is 9.96. The van der Waals surface area contributed by atoms with Crippen molar-refractivity contribution >= 4 is 11.8 Å². The van der Waals surface area contributed by atoms with Crippen LogP contribution in [0.5, 0.6) is 0 Å². The van der Waals surface area contributed by atoms with Crippen LogP contribution in [0.25, 0.3) is 0 Å². The smallest absolute Gasteiger partial charge is 0.253 e. The van der Waals surface area contributed by atoms with Gasteiger partial charge >= 0.3 is 0 Å². The van der Waals surface area contributed by atoms with Gasteiger partial charge in [0.15, 0.2) is 0 Å². The third-order valence-corrected chi connectivity index (χ3v) is 3.41. The van der Waals surface area contributed by atoms with Crippen LogP contribution >= 0.6 is 0 Å². The summed E-state index contributed by atoms with van der Waals surface area (Å²) in [5.41, 5.74) is 2.15. The van der Waals surface area contributed by atoms with E-state index in [2.05, 4.69) is 11.9 Å². The molecule has 0 bridgehead atoms. The summed E-state index contributed by atoms with van der Waals surface area (Å²) in [7, 11) is 1.76. The summed E-state index contributed by atoms with van der Waals surface area (Å²) in [5.74, 6) is -0.256. The van der Waals surface area contributed by atoms with Gasteiger partial charge in [-0.25, -0.2) is 0 Å². The predicted molar refractivity (Wildman–Crippen MR) is 91.2 cm³/mol. The Morgan fingerprint density at radius 3 is 2.26 bits per heavy atom. The van der Waals surface area contributed by atoms with Gasteiger partial charge in [0.05, 0.1) is 0 Å². The van der Waals surface area contributed by atoms with Crippen LogP contribution in [0.1, 0.15) is 26.3 Å². The zero-order valence-electron chi connectivity index (χ0n) is 13.2. The number of benzene rings is 2. The predicted octanol–water partition coefficient (Wildman–Crippen LogP) is 2.87. The summed E-state index contributed by atoms with van der Waals surface area (Å²) >= 11 is 0. The molecule has 0 radical (unpaired) electrons. The maximum absolute atomic E-state index is 12.4. The van der Waals surface area contributed by atoms with Gasteiger partial charge < -0.3 is 10.2 Å². The Morgan fingerprint density at radius 2 is 1.65 bits per heavy atom. The lowest BCUT2D eigenvalue weighted by Gasteiger charge is -2.17. The van der Waals surface area contributed by atoms with Gasteiger partial charge in [-0.3, -0.25) is 9.59 Å². The highest BCUT2D eigenvalue weighted by Gasteiger charge is 2.13. The van der Waals surface area contributed by atoms with Crippen LogP contribution in [0.15, 0.2) is 67.3 Å². The van der Waals surface area contributed by atoms with E-state index in [1.165, 1.54) is 0 Å². The number of hydrogen-bond donors (Lipinski definition) is 1. The SMILES string of the molecule is C=CCNC(=O)c1ccc(C(=O)N(C)Cc2ccccc2)cc1. The van der Waals surface area contributed by atoms with E-state index >= 15 is 0 Å². The molecule has 0 saturated carbocycles. The van der Waals surface area contributed by atoms with E-state index in [0.29, 0.717) is 24.2 Å². The molecule has 0 spiro atoms.